The molecule has 17 heavy (non-hydrogen) atoms. The van der Waals surface area contributed by atoms with E-state index >= 15 is 0 Å². The van der Waals surface area contributed by atoms with Crippen LogP contribution in [0.5, 0.6) is 0 Å². The number of nitrogens with zero attached hydrogens (tertiary/aromatic N) is 1. The van der Waals surface area contributed by atoms with Crippen molar-refractivity contribution < 1.29 is 13.2 Å². The Morgan fingerprint density at radius 1 is 1.18 bits per heavy atom. The van der Waals surface area contributed by atoms with Crippen molar-refractivity contribution in [2.45, 2.75) is 46.7 Å². The molecule has 0 N–H and O–H groups in total. The smallest absolute Gasteiger partial charge is 0.248 e. The van der Waals surface area contributed by atoms with E-state index in [4.69, 9.17) is 0 Å². The molecule has 0 aliphatic rings. The van der Waals surface area contributed by atoms with Crippen molar-refractivity contribution in [2.24, 2.45) is 5.41 Å². The maximum absolute atomic E-state index is 12.4. The predicted molar refractivity (Wildman–Crippen MR) is 61.8 cm³/mol. The summed E-state index contributed by atoms with van der Waals surface area (Å²) < 4.78 is 37.3. The highest BCUT2D eigenvalue weighted by molar-refractivity contribution is 5.24. The van der Waals surface area contributed by atoms with Crippen LogP contribution in [-0.4, -0.2) is 4.98 Å². The first-order valence-corrected chi connectivity index (χ1v) is 5.69. The molecule has 0 aromatic carbocycles. The molecule has 0 spiro atoms. The van der Waals surface area contributed by atoms with Gasteiger partial charge in [-0.1, -0.05) is 33.3 Å². The van der Waals surface area contributed by atoms with E-state index in [0.717, 1.165) is 24.5 Å². The van der Waals surface area contributed by atoms with Gasteiger partial charge in [0.05, 0.1) is 0 Å². The van der Waals surface area contributed by atoms with Crippen molar-refractivity contribution in [3.63, 3.8) is 0 Å². The molecule has 1 aromatic rings. The maximum atomic E-state index is 12.4. The Kier molecular flexibility index (Phi) is 3.84. The zero-order chi connectivity index (χ0) is 13.3. The molecule has 0 atom stereocenters. The summed E-state index contributed by atoms with van der Waals surface area (Å²) in [6, 6.07) is 2.61. The molecule has 0 saturated heterocycles. The lowest BCUT2D eigenvalue weighted by Gasteiger charge is -2.23. The average molecular weight is 245 g/mol. The van der Waals surface area contributed by atoms with E-state index in [9.17, 15) is 13.2 Å². The van der Waals surface area contributed by atoms with E-state index in [0.29, 0.717) is 5.69 Å². The Balaban J connectivity index is 2.99. The second-order valence-electron chi connectivity index (χ2n) is 5.13. The summed E-state index contributed by atoms with van der Waals surface area (Å²) in [7, 11) is 0. The van der Waals surface area contributed by atoms with Gasteiger partial charge in [-0.15, -0.1) is 0 Å². The maximum Gasteiger partial charge on any atom is 0.433 e. The third kappa shape index (κ3) is 3.72. The predicted octanol–water partition coefficient (Wildman–Crippen LogP) is 4.39. The Labute approximate surface area is 100 Å². The quantitative estimate of drug-likeness (QED) is 0.769. The molecule has 0 aliphatic carbocycles. The van der Waals surface area contributed by atoms with Crippen molar-refractivity contribution in [3.05, 3.63) is 29.1 Å². The first kappa shape index (κ1) is 14.0. The van der Waals surface area contributed by atoms with Gasteiger partial charge in [-0.2, -0.15) is 13.2 Å². The zero-order valence-electron chi connectivity index (χ0n) is 10.7. The van der Waals surface area contributed by atoms with Crippen LogP contribution >= 0.6 is 0 Å². The number of hydrogen-bond donors (Lipinski definition) is 0. The Bertz CT molecular complexity index is 394. The average Bonchev–Trinajstić information content (AvgIpc) is 2.19. The summed E-state index contributed by atoms with van der Waals surface area (Å²) in [6.07, 6.45) is -2.63. The van der Waals surface area contributed by atoms with Crippen LogP contribution in [0.25, 0.3) is 0 Å². The molecule has 1 aromatic heterocycles. The molecule has 1 heterocycles. The van der Waals surface area contributed by atoms with Crippen LogP contribution in [0.15, 0.2) is 12.1 Å². The van der Waals surface area contributed by atoms with Gasteiger partial charge in [0.15, 0.2) is 0 Å². The number of pyridine rings is 1. The fourth-order valence-corrected chi connectivity index (χ4v) is 1.58. The molecule has 0 radical (unpaired) electrons. The molecule has 0 bridgehead atoms. The van der Waals surface area contributed by atoms with E-state index < -0.39 is 11.9 Å². The first-order chi connectivity index (χ1) is 7.65. The van der Waals surface area contributed by atoms with Crippen LogP contribution in [0.3, 0.4) is 0 Å². The topological polar surface area (TPSA) is 12.9 Å². The molecule has 0 saturated carbocycles. The highest BCUT2D eigenvalue weighted by Crippen LogP contribution is 2.30. The van der Waals surface area contributed by atoms with E-state index in [1.54, 1.807) is 13.0 Å². The first-order valence-electron chi connectivity index (χ1n) is 5.69. The van der Waals surface area contributed by atoms with Crippen molar-refractivity contribution in [3.8, 4) is 0 Å². The van der Waals surface area contributed by atoms with Crippen molar-refractivity contribution in [1.82, 2.24) is 4.98 Å². The number of halogens is 3. The van der Waals surface area contributed by atoms with Crippen molar-refractivity contribution in [1.29, 1.82) is 0 Å². The number of aromatic nitrogens is 1. The molecule has 0 amide bonds. The minimum Gasteiger partial charge on any atom is -0.248 e. The second-order valence-corrected chi connectivity index (χ2v) is 5.13. The summed E-state index contributed by atoms with van der Waals surface area (Å²) in [6.45, 7) is 7.91. The molecule has 96 valence electrons. The molecular formula is C13H18F3N. The number of hydrogen-bond acceptors (Lipinski definition) is 1. The molecule has 0 fully saturated rings. The van der Waals surface area contributed by atoms with E-state index in [2.05, 4.69) is 25.8 Å². The van der Waals surface area contributed by atoms with Gasteiger partial charge in [-0.05, 0) is 30.4 Å². The van der Waals surface area contributed by atoms with Crippen LogP contribution in [0.1, 0.15) is 44.1 Å². The number of rotatable bonds is 3. The summed E-state index contributed by atoms with van der Waals surface area (Å²) in [5.74, 6) is 0. The van der Waals surface area contributed by atoms with Gasteiger partial charge in [0.1, 0.15) is 5.69 Å². The highest BCUT2D eigenvalue weighted by atomic mass is 19.4. The van der Waals surface area contributed by atoms with Crippen LogP contribution in [0, 0.1) is 12.3 Å². The van der Waals surface area contributed by atoms with E-state index in [1.165, 1.54) is 0 Å². The van der Waals surface area contributed by atoms with Gasteiger partial charge < -0.3 is 0 Å². The molecule has 1 rings (SSSR count). The third-order valence-corrected chi connectivity index (χ3v) is 3.11. The van der Waals surface area contributed by atoms with Crippen LogP contribution in [-0.2, 0) is 12.6 Å². The van der Waals surface area contributed by atoms with Crippen molar-refractivity contribution in [2.75, 3.05) is 0 Å². The molecule has 0 aliphatic heterocycles. The molecule has 4 heteroatoms. The fourth-order valence-electron chi connectivity index (χ4n) is 1.58. The lowest BCUT2D eigenvalue weighted by Crippen LogP contribution is -2.16. The summed E-state index contributed by atoms with van der Waals surface area (Å²) in [4.78, 5) is 3.64. The highest BCUT2D eigenvalue weighted by Gasteiger charge is 2.32. The minimum atomic E-state index is -4.36. The normalized spacial score (nSPS) is 12.9. The lowest BCUT2D eigenvalue weighted by molar-refractivity contribution is -0.141. The standard InChI is InChI=1S/C13H18F3N/c1-5-12(3,4)8-10-6-7-11(13(14,15)16)17-9(10)2/h6-7H,5,8H2,1-4H3. The minimum absolute atomic E-state index is 0.0895. The second kappa shape index (κ2) is 4.67. The number of aryl methyl sites for hydroxylation is 1. The SMILES string of the molecule is CCC(C)(C)Cc1ccc(C(F)(F)F)nc1C. The van der Waals surface area contributed by atoms with Gasteiger partial charge in [-0.3, -0.25) is 0 Å². The van der Waals surface area contributed by atoms with Gasteiger partial charge in [0, 0.05) is 5.69 Å². The summed E-state index contributed by atoms with van der Waals surface area (Å²) in [5.41, 5.74) is 0.644. The largest absolute Gasteiger partial charge is 0.433 e. The van der Waals surface area contributed by atoms with Crippen LogP contribution in [0.4, 0.5) is 13.2 Å². The van der Waals surface area contributed by atoms with Crippen molar-refractivity contribution >= 4 is 0 Å². The van der Waals surface area contributed by atoms with E-state index in [-0.39, 0.29) is 5.41 Å². The van der Waals surface area contributed by atoms with E-state index in [1.807, 2.05) is 0 Å². The lowest BCUT2D eigenvalue weighted by atomic mass is 9.83. The Hall–Kier alpha value is -1.06. The molecular weight excluding hydrogens is 227 g/mol. The van der Waals surface area contributed by atoms with Gasteiger partial charge in [0.2, 0.25) is 0 Å². The van der Waals surface area contributed by atoms with Crippen LogP contribution in [0.2, 0.25) is 0 Å². The molecule has 0 unspecified atom stereocenters. The Morgan fingerprint density at radius 2 is 1.76 bits per heavy atom. The van der Waals surface area contributed by atoms with Gasteiger partial charge in [0.25, 0.3) is 0 Å². The van der Waals surface area contributed by atoms with Gasteiger partial charge in [-0.25, -0.2) is 4.98 Å². The Morgan fingerprint density at radius 3 is 2.18 bits per heavy atom. The summed E-state index contributed by atoms with van der Waals surface area (Å²) >= 11 is 0. The fraction of sp³-hybridized carbons (Fsp3) is 0.615. The van der Waals surface area contributed by atoms with Gasteiger partial charge >= 0.3 is 6.18 Å². The monoisotopic (exact) mass is 245 g/mol. The number of alkyl halides is 3. The zero-order valence-corrected chi connectivity index (χ0v) is 10.7. The molecule has 1 nitrogen and oxygen atoms in total. The summed E-state index contributed by atoms with van der Waals surface area (Å²) in [5, 5.41) is 0. The third-order valence-electron chi connectivity index (χ3n) is 3.11. The van der Waals surface area contributed by atoms with Crippen LogP contribution < -0.4 is 0 Å².